The normalized spacial score (nSPS) is 24.0. The Morgan fingerprint density at radius 1 is 1.50 bits per heavy atom. The van der Waals surface area contributed by atoms with E-state index in [1.165, 1.54) is 6.07 Å². The van der Waals surface area contributed by atoms with Crippen LogP contribution in [0.1, 0.15) is 33.1 Å². The number of aliphatic hydroxyl groups is 1. The Labute approximate surface area is 126 Å². The quantitative estimate of drug-likeness (QED) is 0.653. The summed E-state index contributed by atoms with van der Waals surface area (Å²) in [6.45, 7) is 4.02. The molecule has 1 aliphatic rings. The van der Waals surface area contributed by atoms with Crippen molar-refractivity contribution in [2.75, 3.05) is 0 Å². The molecule has 0 spiro atoms. The predicted molar refractivity (Wildman–Crippen MR) is 78.9 cm³/mol. The number of ether oxygens (including phenoxy) is 1. The highest BCUT2D eigenvalue weighted by molar-refractivity contribution is 9.10. The lowest BCUT2D eigenvalue weighted by Crippen LogP contribution is -2.59. The summed E-state index contributed by atoms with van der Waals surface area (Å²) in [5.74, 6) is 0.251. The van der Waals surface area contributed by atoms with E-state index in [2.05, 4.69) is 15.9 Å². The molecule has 1 aromatic rings. The Bertz CT molecular complexity index is 516. The van der Waals surface area contributed by atoms with Gasteiger partial charge in [-0.05, 0) is 34.8 Å². The Balaban J connectivity index is 2.30. The number of hydrogen-bond donors (Lipinski definition) is 1. The van der Waals surface area contributed by atoms with Gasteiger partial charge in [0.2, 0.25) is 5.75 Å². The van der Waals surface area contributed by atoms with E-state index in [9.17, 15) is 15.2 Å². The van der Waals surface area contributed by atoms with Gasteiger partial charge in [-0.1, -0.05) is 19.9 Å². The third kappa shape index (κ3) is 2.31. The second kappa shape index (κ2) is 5.69. The summed E-state index contributed by atoms with van der Waals surface area (Å²) in [5.41, 5.74) is -0.356. The minimum absolute atomic E-state index is 0.0538. The molecular weight excluding hydrogens is 326 g/mol. The monoisotopic (exact) mass is 343 g/mol. The lowest BCUT2D eigenvalue weighted by molar-refractivity contribution is -0.386. The molecule has 2 unspecified atom stereocenters. The number of benzene rings is 1. The third-order valence-corrected chi connectivity index (χ3v) is 5.09. The maximum atomic E-state index is 11.1. The molecule has 0 amide bonds. The van der Waals surface area contributed by atoms with Crippen LogP contribution in [-0.2, 0) is 0 Å². The van der Waals surface area contributed by atoms with E-state index in [0.29, 0.717) is 10.9 Å². The molecule has 6 heteroatoms. The molecule has 0 saturated heterocycles. The fourth-order valence-corrected chi connectivity index (χ4v) is 3.42. The highest BCUT2D eigenvalue weighted by atomic mass is 79.9. The number of para-hydroxylation sites is 1. The van der Waals surface area contributed by atoms with Crippen LogP contribution in [0, 0.1) is 15.5 Å². The molecule has 0 aliphatic heterocycles. The number of aliphatic hydroxyl groups excluding tert-OH is 1. The molecule has 2 rings (SSSR count). The second-order valence-electron chi connectivity index (χ2n) is 5.14. The average Bonchev–Trinajstić information content (AvgIpc) is 2.41. The van der Waals surface area contributed by atoms with Crippen LogP contribution in [-0.4, -0.2) is 22.2 Å². The van der Waals surface area contributed by atoms with Gasteiger partial charge in [0.1, 0.15) is 6.10 Å². The lowest BCUT2D eigenvalue weighted by atomic mass is 9.60. The number of halogens is 1. The van der Waals surface area contributed by atoms with Gasteiger partial charge in [-0.3, -0.25) is 10.1 Å². The number of nitro benzene ring substituents is 1. The minimum Gasteiger partial charge on any atom is -0.482 e. The Hall–Kier alpha value is -1.14. The van der Waals surface area contributed by atoms with Crippen LogP contribution in [0.3, 0.4) is 0 Å². The molecule has 1 saturated carbocycles. The van der Waals surface area contributed by atoms with Crippen LogP contribution >= 0.6 is 15.9 Å². The fourth-order valence-electron chi connectivity index (χ4n) is 2.97. The maximum Gasteiger partial charge on any atom is 0.312 e. The summed E-state index contributed by atoms with van der Waals surface area (Å²) in [6, 6.07) is 4.75. The van der Waals surface area contributed by atoms with Gasteiger partial charge in [0.05, 0.1) is 15.5 Å². The zero-order valence-corrected chi connectivity index (χ0v) is 13.1. The molecule has 0 heterocycles. The average molecular weight is 344 g/mol. The lowest BCUT2D eigenvalue weighted by Gasteiger charge is -2.52. The molecule has 5 nitrogen and oxygen atoms in total. The Morgan fingerprint density at radius 3 is 2.65 bits per heavy atom. The number of rotatable bonds is 5. The first-order valence-electron chi connectivity index (χ1n) is 6.73. The van der Waals surface area contributed by atoms with E-state index in [4.69, 9.17) is 4.74 Å². The molecule has 2 atom stereocenters. The van der Waals surface area contributed by atoms with Crippen molar-refractivity contribution in [3.05, 3.63) is 32.8 Å². The molecule has 1 N–H and O–H groups in total. The Morgan fingerprint density at radius 2 is 2.15 bits per heavy atom. The van der Waals surface area contributed by atoms with Crippen molar-refractivity contribution in [2.45, 2.75) is 45.3 Å². The van der Waals surface area contributed by atoms with E-state index in [1.807, 2.05) is 13.8 Å². The van der Waals surface area contributed by atoms with Crippen molar-refractivity contribution in [3.8, 4) is 5.75 Å². The standard InChI is InChI=1S/C14H18BrNO4/c1-3-14(4-2)11(17)8-12(14)20-13-9(15)6-5-7-10(13)16(18)19/h5-7,11-12,17H,3-4,8H2,1-2H3. The first-order valence-corrected chi connectivity index (χ1v) is 7.53. The van der Waals surface area contributed by atoms with Gasteiger partial charge in [0.15, 0.2) is 0 Å². The largest absolute Gasteiger partial charge is 0.482 e. The summed E-state index contributed by atoms with van der Waals surface area (Å²) < 4.78 is 6.46. The van der Waals surface area contributed by atoms with Crippen molar-refractivity contribution in [2.24, 2.45) is 5.41 Å². The third-order valence-electron chi connectivity index (χ3n) is 4.46. The summed E-state index contributed by atoms with van der Waals surface area (Å²) in [4.78, 5) is 10.6. The van der Waals surface area contributed by atoms with Crippen molar-refractivity contribution in [1.82, 2.24) is 0 Å². The van der Waals surface area contributed by atoms with Crippen LogP contribution in [0.4, 0.5) is 5.69 Å². The highest BCUT2D eigenvalue weighted by Gasteiger charge is 2.54. The fraction of sp³-hybridized carbons (Fsp3) is 0.571. The zero-order valence-electron chi connectivity index (χ0n) is 11.5. The molecule has 110 valence electrons. The number of nitro groups is 1. The van der Waals surface area contributed by atoms with Crippen molar-refractivity contribution in [3.63, 3.8) is 0 Å². The van der Waals surface area contributed by atoms with Crippen LogP contribution in [0.2, 0.25) is 0 Å². The smallest absolute Gasteiger partial charge is 0.312 e. The SMILES string of the molecule is CCC1(CC)C(O)CC1Oc1c(Br)cccc1[N+](=O)[O-]. The molecule has 0 radical (unpaired) electrons. The molecule has 0 aromatic heterocycles. The van der Waals surface area contributed by atoms with Gasteiger partial charge in [0, 0.05) is 17.9 Å². The second-order valence-corrected chi connectivity index (χ2v) is 6.00. The first kappa shape index (κ1) is 15.3. The summed E-state index contributed by atoms with van der Waals surface area (Å²) in [5, 5.41) is 21.1. The van der Waals surface area contributed by atoms with E-state index >= 15 is 0 Å². The van der Waals surface area contributed by atoms with E-state index < -0.39 is 11.0 Å². The Kier molecular flexibility index (Phi) is 4.34. The number of hydrogen-bond acceptors (Lipinski definition) is 4. The zero-order chi connectivity index (χ0) is 14.9. The minimum atomic E-state index is -0.450. The van der Waals surface area contributed by atoms with Gasteiger partial charge >= 0.3 is 5.69 Å². The van der Waals surface area contributed by atoms with Crippen LogP contribution in [0.25, 0.3) is 0 Å². The molecule has 1 fully saturated rings. The van der Waals surface area contributed by atoms with Crippen molar-refractivity contribution < 1.29 is 14.8 Å². The predicted octanol–water partition coefficient (Wildman–Crippen LogP) is 3.68. The summed E-state index contributed by atoms with van der Waals surface area (Å²) >= 11 is 3.30. The maximum absolute atomic E-state index is 11.1. The first-order chi connectivity index (χ1) is 9.46. The molecule has 0 bridgehead atoms. The topological polar surface area (TPSA) is 72.6 Å². The summed E-state index contributed by atoms with van der Waals surface area (Å²) in [7, 11) is 0. The molecule has 1 aliphatic carbocycles. The molecule has 20 heavy (non-hydrogen) atoms. The molecular formula is C14H18BrNO4. The van der Waals surface area contributed by atoms with Crippen LogP contribution < -0.4 is 4.74 Å². The number of nitrogens with zero attached hydrogens (tertiary/aromatic N) is 1. The van der Waals surface area contributed by atoms with Gasteiger partial charge < -0.3 is 9.84 Å². The van der Waals surface area contributed by atoms with Gasteiger partial charge in [-0.25, -0.2) is 0 Å². The molecule has 1 aromatic carbocycles. The van der Waals surface area contributed by atoms with Gasteiger partial charge in [0.25, 0.3) is 0 Å². The van der Waals surface area contributed by atoms with Gasteiger partial charge in [-0.2, -0.15) is 0 Å². The van der Waals surface area contributed by atoms with Gasteiger partial charge in [-0.15, -0.1) is 0 Å². The summed E-state index contributed by atoms with van der Waals surface area (Å²) in [6.07, 6.45) is 1.50. The van der Waals surface area contributed by atoms with Crippen LogP contribution in [0.15, 0.2) is 22.7 Å². The van der Waals surface area contributed by atoms with E-state index in [0.717, 1.165) is 12.8 Å². The van der Waals surface area contributed by atoms with Crippen molar-refractivity contribution >= 4 is 21.6 Å². The van der Waals surface area contributed by atoms with Crippen LogP contribution in [0.5, 0.6) is 5.75 Å². The van der Waals surface area contributed by atoms with Crippen molar-refractivity contribution in [1.29, 1.82) is 0 Å². The highest BCUT2D eigenvalue weighted by Crippen LogP contribution is 2.50. The van der Waals surface area contributed by atoms with E-state index in [1.54, 1.807) is 12.1 Å². The van der Waals surface area contributed by atoms with E-state index in [-0.39, 0.29) is 23.0 Å².